The molecular formula is C30H28N2O4. The molecule has 0 saturated carbocycles. The van der Waals surface area contributed by atoms with E-state index in [-0.39, 0.29) is 11.5 Å². The van der Waals surface area contributed by atoms with E-state index in [4.69, 9.17) is 19.4 Å². The van der Waals surface area contributed by atoms with E-state index in [2.05, 4.69) is 13.2 Å². The molecule has 0 bridgehead atoms. The van der Waals surface area contributed by atoms with E-state index in [1.54, 1.807) is 24.3 Å². The molecule has 0 aliphatic rings. The summed E-state index contributed by atoms with van der Waals surface area (Å²) in [5.74, 6) is 0.793. The Morgan fingerprint density at radius 1 is 0.667 bits per heavy atom. The fraction of sp³-hybridized carbons (Fsp3) is 0.133. The van der Waals surface area contributed by atoms with Gasteiger partial charge in [0.15, 0.2) is 23.0 Å². The fourth-order valence-electron chi connectivity index (χ4n) is 4.06. The Morgan fingerprint density at radius 2 is 1.06 bits per heavy atom. The molecule has 0 unspecified atom stereocenters. The SMILES string of the molecule is C=CCc1cc(OC)c(O)c(-c2cccc(-c3cccc(-c4cc(CC=C)cc(OC)c4O)n3)n2)c1. The van der Waals surface area contributed by atoms with Gasteiger partial charge in [-0.3, -0.25) is 0 Å². The zero-order valence-corrected chi connectivity index (χ0v) is 20.4. The number of nitrogens with zero attached hydrogens (tertiary/aromatic N) is 2. The largest absolute Gasteiger partial charge is 0.504 e. The maximum Gasteiger partial charge on any atom is 0.167 e. The van der Waals surface area contributed by atoms with Gasteiger partial charge in [-0.15, -0.1) is 13.2 Å². The van der Waals surface area contributed by atoms with Crippen molar-refractivity contribution in [3.8, 4) is 56.9 Å². The molecule has 2 aromatic carbocycles. The smallest absolute Gasteiger partial charge is 0.167 e. The third-order valence-corrected chi connectivity index (χ3v) is 5.78. The minimum absolute atomic E-state index is 0.0210. The third-order valence-electron chi connectivity index (χ3n) is 5.78. The highest BCUT2D eigenvalue weighted by atomic mass is 16.5. The maximum atomic E-state index is 10.8. The first kappa shape index (κ1) is 24.5. The minimum atomic E-state index is 0.0210. The van der Waals surface area contributed by atoms with E-state index in [9.17, 15) is 10.2 Å². The highest BCUT2D eigenvalue weighted by Crippen LogP contribution is 2.40. The minimum Gasteiger partial charge on any atom is -0.504 e. The monoisotopic (exact) mass is 480 g/mol. The van der Waals surface area contributed by atoms with E-state index in [0.717, 1.165) is 11.1 Å². The summed E-state index contributed by atoms with van der Waals surface area (Å²) in [5, 5.41) is 21.6. The zero-order valence-electron chi connectivity index (χ0n) is 20.4. The number of rotatable bonds is 9. The first-order chi connectivity index (χ1) is 17.5. The molecule has 0 spiro atoms. The molecule has 0 saturated heterocycles. The number of hydrogen-bond donors (Lipinski definition) is 2. The van der Waals surface area contributed by atoms with Crippen LogP contribution in [0.25, 0.3) is 33.9 Å². The van der Waals surface area contributed by atoms with Gasteiger partial charge in [-0.05, 0) is 72.5 Å². The summed E-state index contributed by atoms with van der Waals surface area (Å²) in [6, 6.07) is 18.4. The predicted molar refractivity (Wildman–Crippen MR) is 143 cm³/mol. The van der Waals surface area contributed by atoms with Crippen molar-refractivity contribution in [1.82, 2.24) is 9.97 Å². The Hall–Kier alpha value is -4.58. The van der Waals surface area contributed by atoms with Crippen molar-refractivity contribution in [1.29, 1.82) is 0 Å². The molecule has 6 heteroatoms. The van der Waals surface area contributed by atoms with Gasteiger partial charge in [-0.2, -0.15) is 0 Å². The van der Waals surface area contributed by atoms with Gasteiger partial charge in [-0.1, -0.05) is 24.3 Å². The van der Waals surface area contributed by atoms with E-state index >= 15 is 0 Å². The lowest BCUT2D eigenvalue weighted by Crippen LogP contribution is -1.96. The van der Waals surface area contributed by atoms with E-state index in [1.165, 1.54) is 14.2 Å². The second-order valence-electron chi connectivity index (χ2n) is 8.19. The summed E-state index contributed by atoms with van der Waals surface area (Å²) < 4.78 is 10.7. The molecule has 0 fully saturated rings. The van der Waals surface area contributed by atoms with E-state index in [0.29, 0.717) is 58.2 Å². The van der Waals surface area contributed by atoms with Crippen molar-refractivity contribution in [3.05, 3.63) is 97.1 Å². The van der Waals surface area contributed by atoms with Gasteiger partial charge in [-0.25, -0.2) is 9.97 Å². The summed E-state index contributed by atoms with van der Waals surface area (Å²) in [6.45, 7) is 7.60. The number of hydrogen-bond acceptors (Lipinski definition) is 6. The Labute approximate surface area is 210 Å². The number of benzene rings is 2. The number of methoxy groups -OCH3 is 2. The summed E-state index contributed by atoms with van der Waals surface area (Å²) in [4.78, 5) is 9.57. The van der Waals surface area contributed by atoms with E-state index in [1.807, 2.05) is 48.5 Å². The molecule has 4 aromatic rings. The highest BCUT2D eigenvalue weighted by molar-refractivity contribution is 5.76. The predicted octanol–water partition coefficient (Wildman–Crippen LogP) is 6.36. The normalized spacial score (nSPS) is 10.6. The Morgan fingerprint density at radius 3 is 1.42 bits per heavy atom. The van der Waals surface area contributed by atoms with Crippen molar-refractivity contribution < 1.29 is 19.7 Å². The van der Waals surface area contributed by atoms with Crippen molar-refractivity contribution in [2.24, 2.45) is 0 Å². The van der Waals surface area contributed by atoms with Crippen LogP contribution in [0.1, 0.15) is 11.1 Å². The molecule has 0 atom stereocenters. The summed E-state index contributed by atoms with van der Waals surface area (Å²) in [7, 11) is 3.04. The Bertz CT molecular complexity index is 1320. The van der Waals surface area contributed by atoms with Crippen LogP contribution in [0.5, 0.6) is 23.0 Å². The maximum absolute atomic E-state index is 10.8. The van der Waals surface area contributed by atoms with E-state index < -0.39 is 0 Å². The zero-order chi connectivity index (χ0) is 25.7. The highest BCUT2D eigenvalue weighted by Gasteiger charge is 2.16. The van der Waals surface area contributed by atoms with Crippen molar-refractivity contribution in [3.63, 3.8) is 0 Å². The molecule has 0 radical (unpaired) electrons. The fourth-order valence-corrected chi connectivity index (χ4v) is 4.06. The van der Waals surface area contributed by atoms with Gasteiger partial charge in [0.25, 0.3) is 0 Å². The van der Waals surface area contributed by atoms with Crippen LogP contribution in [0.4, 0.5) is 0 Å². The van der Waals surface area contributed by atoms with Crippen LogP contribution in [0.3, 0.4) is 0 Å². The summed E-state index contributed by atoms with van der Waals surface area (Å²) in [5.41, 5.74) is 5.42. The van der Waals surface area contributed by atoms with Crippen molar-refractivity contribution in [2.75, 3.05) is 14.2 Å². The van der Waals surface area contributed by atoms with Crippen LogP contribution >= 0.6 is 0 Å². The van der Waals surface area contributed by atoms with Crippen molar-refractivity contribution >= 4 is 0 Å². The van der Waals surface area contributed by atoms with Crippen LogP contribution in [0.15, 0.2) is 86.0 Å². The number of pyridine rings is 2. The molecule has 2 N–H and O–H groups in total. The van der Waals surface area contributed by atoms with Crippen LogP contribution in [0, 0.1) is 0 Å². The van der Waals surface area contributed by atoms with Crippen LogP contribution in [-0.2, 0) is 12.8 Å². The number of allylic oxidation sites excluding steroid dienone is 2. The summed E-state index contributed by atoms with van der Waals surface area (Å²) >= 11 is 0. The van der Waals surface area contributed by atoms with Gasteiger partial charge in [0.2, 0.25) is 0 Å². The number of phenols is 2. The molecule has 6 nitrogen and oxygen atoms in total. The van der Waals surface area contributed by atoms with Gasteiger partial charge >= 0.3 is 0 Å². The first-order valence-electron chi connectivity index (χ1n) is 11.5. The number of ether oxygens (including phenoxy) is 2. The summed E-state index contributed by atoms with van der Waals surface area (Å²) in [6.07, 6.45) is 4.85. The molecule has 2 heterocycles. The first-order valence-corrected chi connectivity index (χ1v) is 11.5. The van der Waals surface area contributed by atoms with Crippen LogP contribution in [-0.4, -0.2) is 34.4 Å². The average molecular weight is 481 g/mol. The lowest BCUT2D eigenvalue weighted by atomic mass is 10.0. The Balaban J connectivity index is 1.79. The van der Waals surface area contributed by atoms with Gasteiger partial charge in [0.05, 0.1) is 37.0 Å². The topological polar surface area (TPSA) is 84.7 Å². The van der Waals surface area contributed by atoms with Crippen LogP contribution in [0.2, 0.25) is 0 Å². The quantitative estimate of drug-likeness (QED) is 0.271. The second kappa shape index (κ2) is 10.8. The number of phenolic OH excluding ortho intramolecular Hbond substituents is 2. The number of aromatic hydroxyl groups is 2. The Kier molecular flexibility index (Phi) is 7.35. The molecule has 0 amide bonds. The third kappa shape index (κ3) is 4.93. The van der Waals surface area contributed by atoms with Gasteiger partial charge in [0, 0.05) is 11.1 Å². The molecule has 182 valence electrons. The molecule has 2 aromatic heterocycles. The molecule has 4 rings (SSSR count). The van der Waals surface area contributed by atoms with Gasteiger partial charge in [0.1, 0.15) is 0 Å². The molecule has 0 aliphatic heterocycles. The standard InChI is InChI=1S/C30H28N2O4/c1-5-9-19-15-21(29(33)27(17-19)35-3)23-11-7-13-25(31-23)26-14-8-12-24(32-26)22-16-20(10-6-2)18-28(36-4)30(22)34/h5-8,11-18,33-34H,1-2,9-10H2,3-4H3. The average Bonchev–Trinajstić information content (AvgIpc) is 2.91. The molecular weight excluding hydrogens is 452 g/mol. The number of aromatic nitrogens is 2. The second-order valence-corrected chi connectivity index (χ2v) is 8.19. The molecule has 36 heavy (non-hydrogen) atoms. The molecule has 0 aliphatic carbocycles. The van der Waals surface area contributed by atoms with Crippen molar-refractivity contribution in [2.45, 2.75) is 12.8 Å². The lowest BCUT2D eigenvalue weighted by Gasteiger charge is -2.13. The van der Waals surface area contributed by atoms with Gasteiger partial charge < -0.3 is 19.7 Å². The van der Waals surface area contributed by atoms with Crippen LogP contribution < -0.4 is 9.47 Å². The lowest BCUT2D eigenvalue weighted by molar-refractivity contribution is 0.374.